The van der Waals surface area contributed by atoms with Crippen LogP contribution in [0.5, 0.6) is 0 Å². The number of nitrogens with one attached hydrogen (secondary N) is 1. The lowest BCUT2D eigenvalue weighted by Gasteiger charge is -2.21. The molecule has 2 aromatic carbocycles. The number of hydrogen-bond acceptors (Lipinski definition) is 4. The number of carbonyl (C=O) groups excluding carboxylic acids is 1. The number of rotatable bonds is 3. The van der Waals surface area contributed by atoms with E-state index in [2.05, 4.69) is 4.72 Å². The number of thioether (sulfide) groups is 1. The van der Waals surface area contributed by atoms with Gasteiger partial charge in [-0.2, -0.15) is 0 Å². The van der Waals surface area contributed by atoms with Gasteiger partial charge in [-0.15, -0.1) is 11.8 Å². The molecule has 0 unspecified atom stereocenters. The number of amides is 1. The second-order valence-corrected chi connectivity index (χ2v) is 8.87. The van der Waals surface area contributed by atoms with Gasteiger partial charge >= 0.3 is 0 Å². The zero-order chi connectivity index (χ0) is 18.0. The van der Waals surface area contributed by atoms with E-state index in [1.54, 1.807) is 59.1 Å². The number of sulfonamides is 1. The molecular weight excluding hydrogens is 380 g/mol. The number of halogens is 1. The molecule has 8 heteroatoms. The Morgan fingerprint density at radius 1 is 1.24 bits per heavy atom. The molecule has 5 nitrogen and oxygen atoms in total. The van der Waals surface area contributed by atoms with Crippen LogP contribution in [0.2, 0.25) is 5.02 Å². The topological polar surface area (TPSA) is 66.5 Å². The van der Waals surface area contributed by atoms with Crippen LogP contribution in [-0.2, 0) is 14.8 Å². The van der Waals surface area contributed by atoms with Crippen molar-refractivity contribution < 1.29 is 13.2 Å². The molecule has 1 aliphatic heterocycles. The Morgan fingerprint density at radius 3 is 2.76 bits per heavy atom. The molecule has 1 aliphatic rings. The van der Waals surface area contributed by atoms with Crippen molar-refractivity contribution in [2.24, 2.45) is 0 Å². The highest BCUT2D eigenvalue weighted by molar-refractivity contribution is 7.99. The van der Waals surface area contributed by atoms with Gasteiger partial charge in [0.2, 0.25) is 5.91 Å². The summed E-state index contributed by atoms with van der Waals surface area (Å²) in [5, 5.41) is 0.446. The van der Waals surface area contributed by atoms with Crippen molar-refractivity contribution in [1.82, 2.24) is 0 Å². The molecule has 1 amide bonds. The van der Waals surface area contributed by atoms with E-state index in [4.69, 9.17) is 11.6 Å². The second-order valence-electron chi connectivity index (χ2n) is 5.62. The van der Waals surface area contributed by atoms with Crippen molar-refractivity contribution >= 4 is 50.7 Å². The summed E-state index contributed by atoms with van der Waals surface area (Å²) in [4.78, 5) is 14.6. The van der Waals surface area contributed by atoms with E-state index in [1.807, 2.05) is 0 Å². The Bertz CT molecular complexity index is 916. The van der Waals surface area contributed by atoms with Crippen molar-refractivity contribution in [3.63, 3.8) is 0 Å². The summed E-state index contributed by atoms with van der Waals surface area (Å²) in [5.74, 6) is 0.796. The summed E-state index contributed by atoms with van der Waals surface area (Å²) in [6.07, 6.45) is 0.863. The van der Waals surface area contributed by atoms with Gasteiger partial charge in [-0.1, -0.05) is 17.7 Å². The number of carbonyl (C=O) groups is 1. The summed E-state index contributed by atoms with van der Waals surface area (Å²) < 4.78 is 27.9. The van der Waals surface area contributed by atoms with Crippen LogP contribution in [0.15, 0.2) is 52.3 Å². The van der Waals surface area contributed by atoms with Crippen LogP contribution in [0.3, 0.4) is 0 Å². The number of benzene rings is 2. The molecule has 0 saturated carbocycles. The van der Waals surface area contributed by atoms with Gasteiger partial charge in [0.1, 0.15) is 0 Å². The number of fused-ring (bicyclic) bond motifs is 1. The Kier molecular flexibility index (Phi) is 5.27. The lowest BCUT2D eigenvalue weighted by Crippen LogP contribution is -2.29. The van der Waals surface area contributed by atoms with E-state index in [0.717, 1.165) is 17.1 Å². The summed E-state index contributed by atoms with van der Waals surface area (Å²) in [7, 11) is -3.78. The second kappa shape index (κ2) is 7.27. The Labute approximate surface area is 156 Å². The van der Waals surface area contributed by atoms with Crippen molar-refractivity contribution in [2.75, 3.05) is 21.9 Å². The van der Waals surface area contributed by atoms with Gasteiger partial charge in [0.25, 0.3) is 10.0 Å². The lowest BCUT2D eigenvalue weighted by atomic mass is 10.2. The zero-order valence-corrected chi connectivity index (χ0v) is 15.9. The van der Waals surface area contributed by atoms with Crippen LogP contribution < -0.4 is 9.62 Å². The maximum Gasteiger partial charge on any atom is 0.261 e. The third-order valence-corrected chi connectivity index (χ3v) is 6.54. The van der Waals surface area contributed by atoms with Crippen LogP contribution >= 0.6 is 23.4 Å². The van der Waals surface area contributed by atoms with Crippen LogP contribution in [0.4, 0.5) is 11.4 Å². The normalized spacial score (nSPS) is 14.6. The van der Waals surface area contributed by atoms with E-state index in [9.17, 15) is 13.2 Å². The molecule has 1 heterocycles. The number of nitrogens with zero attached hydrogens (tertiary/aromatic N) is 1. The van der Waals surface area contributed by atoms with Gasteiger partial charge in [-0.25, -0.2) is 8.42 Å². The first-order chi connectivity index (χ1) is 11.9. The van der Waals surface area contributed by atoms with E-state index in [1.165, 1.54) is 6.92 Å². The molecule has 0 radical (unpaired) electrons. The quantitative estimate of drug-likeness (QED) is 0.851. The molecule has 0 atom stereocenters. The zero-order valence-electron chi connectivity index (χ0n) is 13.5. The predicted octanol–water partition coefficient (Wildman–Crippen LogP) is 3.99. The largest absolute Gasteiger partial charge is 0.311 e. The van der Waals surface area contributed by atoms with E-state index < -0.39 is 10.0 Å². The van der Waals surface area contributed by atoms with Crippen LogP contribution in [0.1, 0.15) is 13.3 Å². The highest BCUT2D eigenvalue weighted by Crippen LogP contribution is 2.36. The molecule has 25 heavy (non-hydrogen) atoms. The van der Waals surface area contributed by atoms with Gasteiger partial charge < -0.3 is 4.90 Å². The average molecular weight is 397 g/mol. The van der Waals surface area contributed by atoms with E-state index in [-0.39, 0.29) is 10.8 Å². The minimum absolute atomic E-state index is 0.0962. The first-order valence-corrected chi connectivity index (χ1v) is 10.5. The Balaban J connectivity index is 1.98. The van der Waals surface area contributed by atoms with Gasteiger partial charge in [0, 0.05) is 23.4 Å². The fourth-order valence-corrected chi connectivity index (χ4v) is 4.85. The first-order valence-electron chi connectivity index (χ1n) is 7.70. The van der Waals surface area contributed by atoms with Crippen molar-refractivity contribution in [3.8, 4) is 0 Å². The summed E-state index contributed by atoms with van der Waals surface area (Å²) >= 11 is 7.53. The molecule has 0 spiro atoms. The minimum Gasteiger partial charge on any atom is -0.311 e. The molecule has 0 bridgehead atoms. The highest BCUT2D eigenvalue weighted by atomic mass is 35.5. The third-order valence-electron chi connectivity index (χ3n) is 3.77. The first kappa shape index (κ1) is 18.1. The molecule has 132 valence electrons. The van der Waals surface area contributed by atoms with Crippen LogP contribution in [0, 0.1) is 0 Å². The smallest absolute Gasteiger partial charge is 0.261 e. The van der Waals surface area contributed by atoms with Gasteiger partial charge in [-0.05, 0) is 48.6 Å². The van der Waals surface area contributed by atoms with Crippen molar-refractivity contribution in [3.05, 3.63) is 47.5 Å². The maximum atomic E-state index is 12.7. The number of anilines is 2. The average Bonchev–Trinajstić information content (AvgIpc) is 2.76. The molecule has 2 aromatic rings. The fourth-order valence-electron chi connectivity index (χ4n) is 2.62. The fraction of sp³-hybridized carbons (Fsp3) is 0.235. The number of hydrogen-bond donors (Lipinski definition) is 1. The Morgan fingerprint density at radius 2 is 2.04 bits per heavy atom. The summed E-state index contributed by atoms with van der Waals surface area (Å²) in [5.41, 5.74) is 1.03. The van der Waals surface area contributed by atoms with Gasteiger partial charge in [-0.3, -0.25) is 9.52 Å². The van der Waals surface area contributed by atoms with Crippen LogP contribution in [0.25, 0.3) is 0 Å². The third kappa shape index (κ3) is 4.11. The Hall–Kier alpha value is -1.70. The van der Waals surface area contributed by atoms with Crippen molar-refractivity contribution in [1.29, 1.82) is 0 Å². The molecular formula is C17H17ClN2O3S2. The van der Waals surface area contributed by atoms with E-state index >= 15 is 0 Å². The van der Waals surface area contributed by atoms with Gasteiger partial charge in [0.05, 0.1) is 16.3 Å². The molecule has 0 fully saturated rings. The van der Waals surface area contributed by atoms with E-state index in [0.29, 0.717) is 22.9 Å². The monoisotopic (exact) mass is 396 g/mol. The summed E-state index contributed by atoms with van der Waals surface area (Å²) in [6.45, 7) is 2.08. The molecule has 0 aromatic heterocycles. The molecule has 0 saturated heterocycles. The molecule has 1 N–H and O–H groups in total. The van der Waals surface area contributed by atoms with Crippen LogP contribution in [-0.4, -0.2) is 26.6 Å². The highest BCUT2D eigenvalue weighted by Gasteiger charge is 2.23. The molecule has 0 aliphatic carbocycles. The standard InChI is InChI=1S/C17H17ClN2O3S2/c1-12(21)20-8-3-9-24-17-7-6-15(11-16(17)20)25(22,23)19-14-5-2-4-13(18)10-14/h2,4-7,10-11,19H,3,8-9H2,1H3. The maximum absolute atomic E-state index is 12.7. The predicted molar refractivity (Wildman–Crippen MR) is 102 cm³/mol. The SMILES string of the molecule is CC(=O)N1CCCSc2ccc(S(=O)(=O)Nc3cccc(Cl)c3)cc21. The molecule has 3 rings (SSSR count). The van der Waals surface area contributed by atoms with Crippen molar-refractivity contribution in [2.45, 2.75) is 23.1 Å². The van der Waals surface area contributed by atoms with Gasteiger partial charge in [0.15, 0.2) is 0 Å². The summed E-state index contributed by atoms with van der Waals surface area (Å²) in [6, 6.07) is 11.4. The lowest BCUT2D eigenvalue weighted by molar-refractivity contribution is -0.116. The minimum atomic E-state index is -3.78.